The van der Waals surface area contributed by atoms with Crippen LogP contribution in [0.2, 0.25) is 0 Å². The SMILES string of the molecule is Cc1cc(CCC2CN(C(=O)CN3CCC(C)CC3)CCO2)ncn1. The predicted octanol–water partition coefficient (Wildman–Crippen LogP) is 1.68. The number of morpholine rings is 1. The van der Waals surface area contributed by atoms with Crippen molar-refractivity contribution < 1.29 is 9.53 Å². The van der Waals surface area contributed by atoms with Gasteiger partial charge in [-0.15, -0.1) is 0 Å². The van der Waals surface area contributed by atoms with Gasteiger partial charge in [0.05, 0.1) is 19.3 Å². The van der Waals surface area contributed by atoms with Gasteiger partial charge in [-0.05, 0) is 57.7 Å². The quantitative estimate of drug-likeness (QED) is 0.812. The van der Waals surface area contributed by atoms with Gasteiger partial charge in [0.2, 0.25) is 5.91 Å². The lowest BCUT2D eigenvalue weighted by molar-refractivity contribution is -0.140. The number of rotatable bonds is 5. The largest absolute Gasteiger partial charge is 0.375 e. The highest BCUT2D eigenvalue weighted by molar-refractivity contribution is 5.78. The van der Waals surface area contributed by atoms with Crippen LogP contribution < -0.4 is 0 Å². The third-order valence-corrected chi connectivity index (χ3v) is 5.31. The van der Waals surface area contributed by atoms with Crippen LogP contribution in [0.25, 0.3) is 0 Å². The molecule has 1 atom stereocenters. The highest BCUT2D eigenvalue weighted by Gasteiger charge is 2.26. The summed E-state index contributed by atoms with van der Waals surface area (Å²) in [5.74, 6) is 1.05. The predicted molar refractivity (Wildman–Crippen MR) is 96.2 cm³/mol. The third kappa shape index (κ3) is 5.47. The first-order valence-corrected chi connectivity index (χ1v) is 9.49. The number of ether oxygens (including phenoxy) is 1. The van der Waals surface area contributed by atoms with E-state index in [1.165, 1.54) is 12.8 Å². The van der Waals surface area contributed by atoms with Crippen molar-refractivity contribution in [3.63, 3.8) is 0 Å². The van der Waals surface area contributed by atoms with Gasteiger partial charge in [0.25, 0.3) is 0 Å². The van der Waals surface area contributed by atoms with Crippen LogP contribution in [0.5, 0.6) is 0 Å². The van der Waals surface area contributed by atoms with Crippen LogP contribution in [0.1, 0.15) is 37.6 Å². The topological polar surface area (TPSA) is 58.6 Å². The molecule has 2 fully saturated rings. The Morgan fingerprint density at radius 1 is 1.28 bits per heavy atom. The smallest absolute Gasteiger partial charge is 0.236 e. The monoisotopic (exact) mass is 346 g/mol. The van der Waals surface area contributed by atoms with Crippen molar-refractivity contribution >= 4 is 5.91 Å². The first-order valence-electron chi connectivity index (χ1n) is 9.49. The number of amides is 1. The van der Waals surface area contributed by atoms with E-state index < -0.39 is 0 Å². The van der Waals surface area contributed by atoms with Gasteiger partial charge in [-0.1, -0.05) is 6.92 Å². The first-order chi connectivity index (χ1) is 12.1. The van der Waals surface area contributed by atoms with Crippen LogP contribution in [0.4, 0.5) is 0 Å². The summed E-state index contributed by atoms with van der Waals surface area (Å²) in [4.78, 5) is 25.3. The Morgan fingerprint density at radius 3 is 2.84 bits per heavy atom. The lowest BCUT2D eigenvalue weighted by Gasteiger charge is -2.36. The Hall–Kier alpha value is -1.53. The second-order valence-electron chi connectivity index (χ2n) is 7.48. The molecular weight excluding hydrogens is 316 g/mol. The summed E-state index contributed by atoms with van der Waals surface area (Å²) in [6.45, 7) is 8.98. The molecule has 1 unspecified atom stereocenters. The summed E-state index contributed by atoms with van der Waals surface area (Å²) in [6, 6.07) is 2.02. The average molecular weight is 346 g/mol. The van der Waals surface area contributed by atoms with Crippen molar-refractivity contribution in [2.45, 2.75) is 45.6 Å². The Kier molecular flexibility index (Phi) is 6.37. The molecule has 3 heterocycles. The van der Waals surface area contributed by atoms with Crippen LogP contribution in [0.15, 0.2) is 12.4 Å². The summed E-state index contributed by atoms with van der Waals surface area (Å²) in [7, 11) is 0. The van der Waals surface area contributed by atoms with Crippen molar-refractivity contribution in [2.75, 3.05) is 39.3 Å². The normalized spacial score (nSPS) is 23.0. The van der Waals surface area contributed by atoms with E-state index in [9.17, 15) is 4.79 Å². The Morgan fingerprint density at radius 2 is 2.08 bits per heavy atom. The van der Waals surface area contributed by atoms with E-state index in [4.69, 9.17) is 4.74 Å². The minimum absolute atomic E-state index is 0.106. The maximum Gasteiger partial charge on any atom is 0.236 e. The molecule has 1 aromatic heterocycles. The van der Waals surface area contributed by atoms with E-state index in [-0.39, 0.29) is 12.0 Å². The number of hydrogen-bond acceptors (Lipinski definition) is 5. The molecule has 0 aliphatic carbocycles. The van der Waals surface area contributed by atoms with Crippen LogP contribution in [-0.4, -0.2) is 71.1 Å². The maximum absolute atomic E-state index is 12.6. The van der Waals surface area contributed by atoms with Crippen molar-refractivity contribution in [1.82, 2.24) is 19.8 Å². The Bertz CT molecular complexity index is 572. The molecule has 3 rings (SSSR count). The minimum atomic E-state index is 0.106. The third-order valence-electron chi connectivity index (χ3n) is 5.31. The van der Waals surface area contributed by atoms with Gasteiger partial charge in [0.15, 0.2) is 0 Å². The van der Waals surface area contributed by atoms with Gasteiger partial charge < -0.3 is 9.64 Å². The number of aromatic nitrogens is 2. The maximum atomic E-state index is 12.6. The van der Waals surface area contributed by atoms with E-state index in [0.717, 1.165) is 43.2 Å². The summed E-state index contributed by atoms with van der Waals surface area (Å²) >= 11 is 0. The molecule has 1 amide bonds. The molecule has 6 heteroatoms. The van der Waals surface area contributed by atoms with Gasteiger partial charge in [0, 0.05) is 24.5 Å². The fourth-order valence-electron chi connectivity index (χ4n) is 3.59. The van der Waals surface area contributed by atoms with E-state index in [1.54, 1.807) is 6.33 Å². The molecule has 0 radical (unpaired) electrons. The van der Waals surface area contributed by atoms with Gasteiger partial charge in [-0.2, -0.15) is 0 Å². The summed E-state index contributed by atoms with van der Waals surface area (Å²) in [5, 5.41) is 0. The van der Waals surface area contributed by atoms with Crippen molar-refractivity contribution in [2.24, 2.45) is 5.92 Å². The molecule has 25 heavy (non-hydrogen) atoms. The summed E-state index contributed by atoms with van der Waals surface area (Å²) in [6.07, 6.45) is 5.88. The molecule has 1 aromatic rings. The zero-order valence-corrected chi connectivity index (χ0v) is 15.5. The molecule has 2 aliphatic rings. The lowest BCUT2D eigenvalue weighted by Crippen LogP contribution is -2.50. The zero-order chi connectivity index (χ0) is 17.6. The summed E-state index contributed by atoms with van der Waals surface area (Å²) < 4.78 is 5.86. The first kappa shape index (κ1) is 18.3. The van der Waals surface area contributed by atoms with Gasteiger partial charge in [0.1, 0.15) is 6.33 Å². The van der Waals surface area contributed by atoms with E-state index in [1.807, 2.05) is 17.9 Å². The van der Waals surface area contributed by atoms with Gasteiger partial charge in [-0.25, -0.2) is 9.97 Å². The molecule has 138 valence electrons. The zero-order valence-electron chi connectivity index (χ0n) is 15.5. The number of carbonyl (C=O) groups is 1. The molecule has 0 spiro atoms. The standard InChI is InChI=1S/C19H30N4O2/c1-15-5-7-22(8-6-15)13-19(24)23-9-10-25-18(12-23)4-3-17-11-16(2)20-14-21-17/h11,14-15,18H,3-10,12-13H2,1-2H3. The molecule has 0 saturated carbocycles. The number of piperidine rings is 1. The molecular formula is C19H30N4O2. The van der Waals surface area contributed by atoms with Gasteiger partial charge >= 0.3 is 0 Å². The number of nitrogens with zero attached hydrogens (tertiary/aromatic N) is 4. The molecule has 6 nitrogen and oxygen atoms in total. The molecule has 0 bridgehead atoms. The van der Waals surface area contributed by atoms with Gasteiger partial charge in [-0.3, -0.25) is 9.69 Å². The second-order valence-corrected chi connectivity index (χ2v) is 7.48. The molecule has 0 N–H and O–H groups in total. The van der Waals surface area contributed by atoms with Crippen LogP contribution in [0, 0.1) is 12.8 Å². The highest BCUT2D eigenvalue weighted by Crippen LogP contribution is 2.17. The van der Waals surface area contributed by atoms with Crippen LogP contribution in [-0.2, 0) is 16.0 Å². The van der Waals surface area contributed by atoms with Crippen molar-refractivity contribution in [1.29, 1.82) is 0 Å². The summed E-state index contributed by atoms with van der Waals surface area (Å²) in [5.41, 5.74) is 2.03. The average Bonchev–Trinajstić information content (AvgIpc) is 2.62. The van der Waals surface area contributed by atoms with E-state index in [2.05, 4.69) is 21.8 Å². The lowest BCUT2D eigenvalue weighted by atomic mass is 9.99. The highest BCUT2D eigenvalue weighted by atomic mass is 16.5. The second kappa shape index (κ2) is 8.72. The van der Waals surface area contributed by atoms with Crippen LogP contribution >= 0.6 is 0 Å². The Balaban J connectivity index is 1.44. The van der Waals surface area contributed by atoms with E-state index in [0.29, 0.717) is 26.2 Å². The van der Waals surface area contributed by atoms with Crippen LogP contribution in [0.3, 0.4) is 0 Å². The molecule has 2 saturated heterocycles. The van der Waals surface area contributed by atoms with E-state index >= 15 is 0 Å². The number of carbonyl (C=O) groups excluding carboxylic acids is 1. The van der Waals surface area contributed by atoms with Crippen molar-refractivity contribution in [3.8, 4) is 0 Å². The number of likely N-dealkylation sites (tertiary alicyclic amines) is 1. The Labute approximate surface area is 150 Å². The molecule has 2 aliphatic heterocycles. The fraction of sp³-hybridized carbons (Fsp3) is 0.737. The molecule has 0 aromatic carbocycles. The fourth-order valence-corrected chi connectivity index (χ4v) is 3.59. The number of hydrogen-bond donors (Lipinski definition) is 0. The van der Waals surface area contributed by atoms with Crippen molar-refractivity contribution in [3.05, 3.63) is 23.8 Å². The minimum Gasteiger partial charge on any atom is -0.375 e. The number of aryl methyl sites for hydroxylation is 2.